The lowest BCUT2D eigenvalue weighted by atomic mass is 10.1. The molecule has 3 unspecified atom stereocenters. The third-order valence-electron chi connectivity index (χ3n) is 4.48. The summed E-state index contributed by atoms with van der Waals surface area (Å²) >= 11 is 0. The molecule has 6 nitrogen and oxygen atoms in total. The Bertz CT molecular complexity index is 823. The van der Waals surface area contributed by atoms with Crippen molar-refractivity contribution < 1.29 is 28.6 Å². The van der Waals surface area contributed by atoms with E-state index in [0.717, 1.165) is 11.3 Å². The van der Waals surface area contributed by atoms with Crippen LogP contribution in [0.2, 0.25) is 0 Å². The molecule has 1 aliphatic carbocycles. The maximum atomic E-state index is 12.9. The number of ether oxygens (including phenoxy) is 2. The third-order valence-corrected chi connectivity index (χ3v) is 4.48. The first-order valence-corrected chi connectivity index (χ1v) is 8.54. The number of aliphatic carboxylic acids is 1. The van der Waals surface area contributed by atoms with E-state index in [0.29, 0.717) is 6.42 Å². The molecule has 0 heterocycles. The van der Waals surface area contributed by atoms with Crippen molar-refractivity contribution in [3.05, 3.63) is 59.9 Å². The van der Waals surface area contributed by atoms with Crippen molar-refractivity contribution in [2.75, 3.05) is 13.7 Å². The lowest BCUT2D eigenvalue weighted by Gasteiger charge is -2.16. The van der Waals surface area contributed by atoms with Crippen molar-refractivity contribution in [3.63, 3.8) is 0 Å². The van der Waals surface area contributed by atoms with Crippen LogP contribution >= 0.6 is 0 Å². The van der Waals surface area contributed by atoms with Crippen LogP contribution in [-0.4, -0.2) is 36.7 Å². The predicted octanol–water partition coefficient (Wildman–Crippen LogP) is 2.59. The zero-order valence-corrected chi connectivity index (χ0v) is 14.7. The molecule has 1 fully saturated rings. The van der Waals surface area contributed by atoms with Gasteiger partial charge < -0.3 is 19.9 Å². The highest BCUT2D eigenvalue weighted by atomic mass is 19.1. The fourth-order valence-corrected chi connectivity index (χ4v) is 2.91. The molecule has 0 aromatic heterocycles. The Kier molecular flexibility index (Phi) is 5.59. The summed E-state index contributed by atoms with van der Waals surface area (Å²) in [5.74, 6) is -1.01. The van der Waals surface area contributed by atoms with Crippen LogP contribution < -0.4 is 14.8 Å². The molecule has 1 amide bonds. The van der Waals surface area contributed by atoms with E-state index < -0.39 is 17.9 Å². The largest absolute Gasteiger partial charge is 0.497 e. The normalized spacial score (nSPS) is 19.0. The van der Waals surface area contributed by atoms with E-state index in [1.54, 1.807) is 7.11 Å². The molecule has 1 saturated carbocycles. The van der Waals surface area contributed by atoms with Crippen LogP contribution in [-0.2, 0) is 9.59 Å². The highest BCUT2D eigenvalue weighted by Crippen LogP contribution is 2.48. The first-order chi connectivity index (χ1) is 13.0. The second kappa shape index (κ2) is 8.07. The average Bonchev–Trinajstić information content (AvgIpc) is 3.47. The number of carboxylic acid groups (broad SMARTS) is 1. The van der Waals surface area contributed by atoms with Gasteiger partial charge >= 0.3 is 5.97 Å². The Morgan fingerprint density at radius 2 is 1.96 bits per heavy atom. The van der Waals surface area contributed by atoms with Crippen molar-refractivity contribution in [2.45, 2.75) is 18.4 Å². The smallest absolute Gasteiger partial charge is 0.346 e. The van der Waals surface area contributed by atoms with Crippen LogP contribution in [0, 0.1) is 11.7 Å². The van der Waals surface area contributed by atoms with Gasteiger partial charge in [-0.2, -0.15) is 0 Å². The molecule has 3 rings (SSSR count). The quantitative estimate of drug-likeness (QED) is 0.743. The van der Waals surface area contributed by atoms with Crippen molar-refractivity contribution in [1.29, 1.82) is 0 Å². The van der Waals surface area contributed by atoms with E-state index in [4.69, 9.17) is 9.47 Å². The van der Waals surface area contributed by atoms with Crippen LogP contribution in [0.25, 0.3) is 0 Å². The molecule has 2 aromatic rings. The molecule has 3 atom stereocenters. The summed E-state index contributed by atoms with van der Waals surface area (Å²) in [5.41, 5.74) is 1.02. The van der Waals surface area contributed by atoms with E-state index in [2.05, 4.69) is 5.32 Å². The Morgan fingerprint density at radius 3 is 2.63 bits per heavy atom. The number of hydrogen-bond acceptors (Lipinski definition) is 4. The predicted molar refractivity (Wildman–Crippen MR) is 95.3 cm³/mol. The second-order valence-corrected chi connectivity index (χ2v) is 6.37. The number of carbonyl (C=O) groups is 2. The summed E-state index contributed by atoms with van der Waals surface area (Å²) in [7, 11) is 1.59. The van der Waals surface area contributed by atoms with E-state index >= 15 is 0 Å². The highest BCUT2D eigenvalue weighted by molar-refractivity contribution is 5.83. The fourth-order valence-electron chi connectivity index (χ4n) is 2.91. The van der Waals surface area contributed by atoms with E-state index in [-0.39, 0.29) is 30.0 Å². The molecule has 7 heteroatoms. The fraction of sp³-hybridized carbons (Fsp3) is 0.300. The molecule has 0 radical (unpaired) electrons. The summed E-state index contributed by atoms with van der Waals surface area (Å²) in [4.78, 5) is 23.7. The number of rotatable bonds is 8. The first kappa shape index (κ1) is 18.7. The number of hydrogen-bond donors (Lipinski definition) is 2. The van der Waals surface area contributed by atoms with Gasteiger partial charge in [-0.15, -0.1) is 0 Å². The Morgan fingerprint density at radius 1 is 1.22 bits per heavy atom. The second-order valence-electron chi connectivity index (χ2n) is 6.37. The number of carbonyl (C=O) groups excluding carboxylic acids is 1. The molecule has 0 saturated heterocycles. The molecule has 0 aliphatic heterocycles. The monoisotopic (exact) mass is 373 g/mol. The molecular weight excluding hydrogens is 353 g/mol. The first-order valence-electron chi connectivity index (χ1n) is 8.54. The number of halogens is 1. The van der Waals surface area contributed by atoms with Gasteiger partial charge in [-0.1, -0.05) is 12.1 Å². The van der Waals surface area contributed by atoms with Gasteiger partial charge in [0.15, 0.2) is 0 Å². The van der Waals surface area contributed by atoms with Crippen molar-refractivity contribution in [2.24, 2.45) is 5.92 Å². The minimum absolute atomic E-state index is 0.0985. The van der Waals surface area contributed by atoms with Crippen LogP contribution in [0.4, 0.5) is 4.39 Å². The molecule has 2 aromatic carbocycles. The maximum Gasteiger partial charge on any atom is 0.346 e. The van der Waals surface area contributed by atoms with Crippen molar-refractivity contribution >= 4 is 11.9 Å². The van der Waals surface area contributed by atoms with E-state index in [1.807, 2.05) is 24.3 Å². The van der Waals surface area contributed by atoms with Gasteiger partial charge in [0.25, 0.3) is 0 Å². The highest BCUT2D eigenvalue weighted by Gasteiger charge is 2.44. The van der Waals surface area contributed by atoms with Crippen molar-refractivity contribution in [1.82, 2.24) is 5.32 Å². The minimum Gasteiger partial charge on any atom is -0.497 e. The Balaban J connectivity index is 1.54. The van der Waals surface area contributed by atoms with Crippen molar-refractivity contribution in [3.8, 4) is 11.5 Å². The summed E-state index contributed by atoms with van der Waals surface area (Å²) < 4.78 is 23.4. The number of benzene rings is 2. The van der Waals surface area contributed by atoms with Crippen LogP contribution in [0.3, 0.4) is 0 Å². The SMILES string of the molecule is COc1cccc(C2CC2C(=O)NCC(Oc2ccc(F)cc2)C(=O)O)c1. The maximum absolute atomic E-state index is 12.9. The van der Waals surface area contributed by atoms with E-state index in [9.17, 15) is 19.1 Å². The van der Waals surface area contributed by atoms with Gasteiger partial charge in [-0.25, -0.2) is 9.18 Å². The van der Waals surface area contributed by atoms with Crippen LogP contribution in [0.1, 0.15) is 17.9 Å². The van der Waals surface area contributed by atoms with Crippen LogP contribution in [0.5, 0.6) is 11.5 Å². The van der Waals surface area contributed by atoms with Gasteiger partial charge in [0.1, 0.15) is 17.3 Å². The molecule has 2 N–H and O–H groups in total. The Hall–Kier alpha value is -3.09. The molecule has 0 bridgehead atoms. The molecule has 0 spiro atoms. The number of methoxy groups -OCH3 is 1. The number of nitrogens with one attached hydrogen (secondary N) is 1. The number of carboxylic acids is 1. The van der Waals surface area contributed by atoms with Gasteiger partial charge in [0.05, 0.1) is 13.7 Å². The third kappa shape index (κ3) is 4.75. The number of amides is 1. The standard InChI is InChI=1S/C20H20FNO5/c1-26-15-4-2-3-12(9-15)16-10-17(16)19(23)22-11-18(20(24)25)27-14-7-5-13(21)6-8-14/h2-9,16-18H,10-11H2,1H3,(H,22,23)(H,24,25). The molecule has 27 heavy (non-hydrogen) atoms. The van der Waals surface area contributed by atoms with E-state index in [1.165, 1.54) is 24.3 Å². The molecule has 1 aliphatic rings. The van der Waals surface area contributed by atoms with Crippen LogP contribution in [0.15, 0.2) is 48.5 Å². The summed E-state index contributed by atoms with van der Waals surface area (Å²) in [5, 5.41) is 11.9. The lowest BCUT2D eigenvalue weighted by Crippen LogP contribution is -2.41. The average molecular weight is 373 g/mol. The Labute approximate surface area is 155 Å². The molecular formula is C20H20FNO5. The summed E-state index contributed by atoms with van der Waals surface area (Å²) in [6.45, 7) is -0.174. The summed E-state index contributed by atoms with van der Waals surface area (Å²) in [6.07, 6.45) is -0.552. The summed E-state index contributed by atoms with van der Waals surface area (Å²) in [6, 6.07) is 12.6. The van der Waals surface area contributed by atoms with Gasteiger partial charge in [-0.05, 0) is 54.3 Å². The zero-order valence-electron chi connectivity index (χ0n) is 14.7. The zero-order chi connectivity index (χ0) is 19.4. The topological polar surface area (TPSA) is 84.9 Å². The lowest BCUT2D eigenvalue weighted by molar-refractivity contribution is -0.145. The van der Waals surface area contributed by atoms with Gasteiger partial charge in [-0.3, -0.25) is 4.79 Å². The van der Waals surface area contributed by atoms with Gasteiger partial charge in [0.2, 0.25) is 12.0 Å². The molecule has 142 valence electrons. The van der Waals surface area contributed by atoms with Gasteiger partial charge in [0, 0.05) is 5.92 Å². The minimum atomic E-state index is -1.26.